The Morgan fingerprint density at radius 3 is 3.00 bits per heavy atom. The van der Waals surface area contributed by atoms with Gasteiger partial charge in [0, 0.05) is 13.1 Å². The maximum atomic E-state index is 12.0. The Bertz CT molecular complexity index is 530. The first-order valence-electron chi connectivity index (χ1n) is 6.00. The molecule has 5 heteroatoms. The fraction of sp³-hybridized carbons (Fsp3) is 0.385. The smallest absolute Gasteiger partial charge is 0.272 e. The third kappa shape index (κ3) is 2.61. The van der Waals surface area contributed by atoms with Crippen LogP contribution in [0.2, 0.25) is 0 Å². The Morgan fingerprint density at radius 2 is 2.39 bits per heavy atom. The summed E-state index contributed by atoms with van der Waals surface area (Å²) in [7, 11) is 1.86. The second-order valence-corrected chi connectivity index (χ2v) is 5.25. The van der Waals surface area contributed by atoms with E-state index in [-0.39, 0.29) is 11.9 Å². The van der Waals surface area contributed by atoms with Crippen molar-refractivity contribution in [2.24, 2.45) is 7.05 Å². The molecule has 0 saturated heterocycles. The molecule has 0 spiro atoms. The number of nitrogens with zero attached hydrogens (tertiary/aromatic N) is 2. The number of carbonyl (C=O) groups is 1. The highest BCUT2D eigenvalue weighted by molar-refractivity contribution is 7.13. The topological polar surface area (TPSA) is 46.9 Å². The summed E-state index contributed by atoms with van der Waals surface area (Å²) in [6, 6.07) is 6.03. The first kappa shape index (κ1) is 12.8. The van der Waals surface area contributed by atoms with E-state index < -0.39 is 0 Å². The van der Waals surface area contributed by atoms with Crippen molar-refractivity contribution in [3.8, 4) is 10.6 Å². The SMILES string of the molecule is CCC(C)NC(=O)c1cc(-c2cccs2)n(C)n1. The third-order valence-corrected chi connectivity index (χ3v) is 3.77. The molecule has 0 aliphatic heterocycles. The zero-order valence-corrected chi connectivity index (χ0v) is 11.6. The van der Waals surface area contributed by atoms with Gasteiger partial charge in [0.15, 0.2) is 5.69 Å². The Kier molecular flexibility index (Phi) is 3.81. The second kappa shape index (κ2) is 5.35. The lowest BCUT2D eigenvalue weighted by Crippen LogP contribution is -2.32. The number of thiophene rings is 1. The van der Waals surface area contributed by atoms with Gasteiger partial charge in [-0.1, -0.05) is 13.0 Å². The van der Waals surface area contributed by atoms with Crippen molar-refractivity contribution in [1.29, 1.82) is 0 Å². The van der Waals surface area contributed by atoms with Gasteiger partial charge in [-0.25, -0.2) is 0 Å². The lowest BCUT2D eigenvalue weighted by atomic mass is 10.2. The van der Waals surface area contributed by atoms with E-state index >= 15 is 0 Å². The van der Waals surface area contributed by atoms with Crippen molar-refractivity contribution >= 4 is 17.2 Å². The average molecular weight is 263 g/mol. The monoisotopic (exact) mass is 263 g/mol. The summed E-state index contributed by atoms with van der Waals surface area (Å²) in [6.45, 7) is 4.03. The molecule has 2 heterocycles. The molecular formula is C13H17N3OS. The molecule has 0 aromatic carbocycles. The number of hydrogen-bond acceptors (Lipinski definition) is 3. The molecule has 1 amide bonds. The van der Waals surface area contributed by atoms with Gasteiger partial charge in [0.25, 0.3) is 5.91 Å². The highest BCUT2D eigenvalue weighted by Crippen LogP contribution is 2.24. The predicted molar refractivity (Wildman–Crippen MR) is 73.7 cm³/mol. The Hall–Kier alpha value is -1.62. The molecule has 1 N–H and O–H groups in total. The van der Waals surface area contributed by atoms with Crippen LogP contribution in [-0.4, -0.2) is 21.7 Å². The number of aryl methyl sites for hydroxylation is 1. The predicted octanol–water partition coefficient (Wildman–Crippen LogP) is 2.68. The lowest BCUT2D eigenvalue weighted by molar-refractivity contribution is 0.0933. The third-order valence-electron chi connectivity index (χ3n) is 2.88. The van der Waals surface area contributed by atoms with Gasteiger partial charge in [0.05, 0.1) is 10.6 Å². The van der Waals surface area contributed by atoms with Gasteiger partial charge in [-0.2, -0.15) is 5.10 Å². The lowest BCUT2D eigenvalue weighted by Gasteiger charge is -2.09. The van der Waals surface area contributed by atoms with E-state index in [4.69, 9.17) is 0 Å². The van der Waals surface area contributed by atoms with Crippen molar-refractivity contribution in [2.45, 2.75) is 26.3 Å². The molecule has 1 unspecified atom stereocenters. The largest absolute Gasteiger partial charge is 0.348 e. The van der Waals surface area contributed by atoms with Crippen LogP contribution in [0, 0.1) is 0 Å². The van der Waals surface area contributed by atoms with Crippen LogP contribution in [-0.2, 0) is 7.05 Å². The van der Waals surface area contributed by atoms with E-state index in [9.17, 15) is 4.79 Å². The number of aromatic nitrogens is 2. The van der Waals surface area contributed by atoms with E-state index in [1.807, 2.05) is 44.5 Å². The fourth-order valence-electron chi connectivity index (χ4n) is 1.63. The molecule has 0 aliphatic carbocycles. The molecule has 96 valence electrons. The molecule has 2 aromatic heterocycles. The average Bonchev–Trinajstić information content (AvgIpc) is 2.97. The van der Waals surface area contributed by atoms with Gasteiger partial charge in [-0.05, 0) is 30.9 Å². The zero-order valence-electron chi connectivity index (χ0n) is 10.8. The maximum absolute atomic E-state index is 12.0. The van der Waals surface area contributed by atoms with Crippen LogP contribution >= 0.6 is 11.3 Å². The minimum Gasteiger partial charge on any atom is -0.348 e. The van der Waals surface area contributed by atoms with Gasteiger partial charge in [0.1, 0.15) is 0 Å². The van der Waals surface area contributed by atoms with E-state index in [0.717, 1.165) is 17.0 Å². The van der Waals surface area contributed by atoms with Gasteiger partial charge in [0.2, 0.25) is 0 Å². The second-order valence-electron chi connectivity index (χ2n) is 4.30. The Labute approximate surface area is 111 Å². The summed E-state index contributed by atoms with van der Waals surface area (Å²) in [6.07, 6.45) is 0.913. The maximum Gasteiger partial charge on any atom is 0.272 e. The van der Waals surface area contributed by atoms with Crippen LogP contribution in [0.4, 0.5) is 0 Å². The number of carbonyl (C=O) groups excluding carboxylic acids is 1. The zero-order chi connectivity index (χ0) is 13.1. The van der Waals surface area contributed by atoms with E-state index in [0.29, 0.717) is 5.69 Å². The summed E-state index contributed by atoms with van der Waals surface area (Å²) in [4.78, 5) is 13.1. The van der Waals surface area contributed by atoms with Crippen molar-refractivity contribution in [2.75, 3.05) is 0 Å². The molecule has 2 aromatic rings. The van der Waals surface area contributed by atoms with Crippen LogP contribution in [0.15, 0.2) is 23.6 Å². The number of rotatable bonds is 4. The van der Waals surface area contributed by atoms with E-state index in [1.165, 1.54) is 0 Å². The Balaban J connectivity index is 2.21. The van der Waals surface area contributed by atoms with Crippen LogP contribution < -0.4 is 5.32 Å². The molecule has 4 nitrogen and oxygen atoms in total. The molecular weight excluding hydrogens is 246 g/mol. The molecule has 0 radical (unpaired) electrons. The quantitative estimate of drug-likeness (QED) is 0.922. The molecule has 0 saturated carbocycles. The van der Waals surface area contributed by atoms with E-state index in [1.54, 1.807) is 16.0 Å². The van der Waals surface area contributed by atoms with Crippen LogP contribution in [0.3, 0.4) is 0 Å². The highest BCUT2D eigenvalue weighted by atomic mass is 32.1. The Morgan fingerprint density at radius 1 is 1.61 bits per heavy atom. The molecule has 18 heavy (non-hydrogen) atoms. The minimum atomic E-state index is -0.109. The van der Waals surface area contributed by atoms with Crippen molar-refractivity contribution < 1.29 is 4.79 Å². The van der Waals surface area contributed by atoms with Crippen LogP contribution in [0.5, 0.6) is 0 Å². The van der Waals surface area contributed by atoms with E-state index in [2.05, 4.69) is 10.4 Å². The summed E-state index contributed by atoms with van der Waals surface area (Å²) in [5.74, 6) is -0.109. The van der Waals surface area contributed by atoms with Crippen molar-refractivity contribution in [3.63, 3.8) is 0 Å². The standard InChI is InChI=1S/C13H17N3OS/c1-4-9(2)14-13(17)10-8-11(16(3)15-10)12-6-5-7-18-12/h5-9H,4H2,1-3H3,(H,14,17). The molecule has 0 bridgehead atoms. The molecule has 2 rings (SSSR count). The first-order valence-corrected chi connectivity index (χ1v) is 6.88. The van der Waals surface area contributed by atoms with Crippen molar-refractivity contribution in [3.05, 3.63) is 29.3 Å². The summed E-state index contributed by atoms with van der Waals surface area (Å²) >= 11 is 1.64. The van der Waals surface area contributed by atoms with Gasteiger partial charge in [-0.15, -0.1) is 11.3 Å². The molecule has 0 aliphatic rings. The summed E-state index contributed by atoms with van der Waals surface area (Å²) in [5, 5.41) is 9.20. The first-order chi connectivity index (χ1) is 8.61. The summed E-state index contributed by atoms with van der Waals surface area (Å²) in [5.41, 5.74) is 1.44. The summed E-state index contributed by atoms with van der Waals surface area (Å²) < 4.78 is 1.75. The van der Waals surface area contributed by atoms with Gasteiger partial charge < -0.3 is 5.32 Å². The van der Waals surface area contributed by atoms with Gasteiger partial charge in [-0.3, -0.25) is 9.48 Å². The molecule has 0 fully saturated rings. The molecule has 1 atom stereocenters. The van der Waals surface area contributed by atoms with Crippen LogP contribution in [0.1, 0.15) is 30.8 Å². The highest BCUT2D eigenvalue weighted by Gasteiger charge is 2.15. The van der Waals surface area contributed by atoms with Gasteiger partial charge >= 0.3 is 0 Å². The minimum absolute atomic E-state index is 0.109. The number of nitrogens with one attached hydrogen (secondary N) is 1. The normalized spacial score (nSPS) is 12.4. The number of amides is 1. The fourth-order valence-corrected chi connectivity index (χ4v) is 2.41. The van der Waals surface area contributed by atoms with Crippen LogP contribution in [0.25, 0.3) is 10.6 Å². The number of hydrogen-bond donors (Lipinski definition) is 1. The van der Waals surface area contributed by atoms with Crippen molar-refractivity contribution in [1.82, 2.24) is 15.1 Å².